The number of H-pyrrole nitrogens is 1. The topological polar surface area (TPSA) is 114 Å². The largest absolute Gasteiger partial charge is 0.493 e. The van der Waals surface area contributed by atoms with Crippen molar-refractivity contribution in [1.82, 2.24) is 15.7 Å². The quantitative estimate of drug-likeness (QED) is 0.0994. The second-order valence-electron chi connectivity index (χ2n) is 10.0. The first-order valence-electron chi connectivity index (χ1n) is 14.0. The van der Waals surface area contributed by atoms with Gasteiger partial charge in [0, 0.05) is 28.5 Å². The summed E-state index contributed by atoms with van der Waals surface area (Å²) in [5, 5.41) is 8.67. The van der Waals surface area contributed by atoms with Crippen molar-refractivity contribution in [3.8, 4) is 11.5 Å². The Labute approximate surface area is 270 Å². The van der Waals surface area contributed by atoms with E-state index >= 15 is 0 Å². The summed E-state index contributed by atoms with van der Waals surface area (Å²) in [5.74, 6) is 0.228. The highest BCUT2D eigenvalue weighted by atomic mass is 35.5. The third kappa shape index (κ3) is 8.56. The van der Waals surface area contributed by atoms with E-state index in [-0.39, 0.29) is 19.6 Å². The zero-order valence-electron chi connectivity index (χ0n) is 24.3. The number of amides is 2. The maximum absolute atomic E-state index is 13.3. The molecule has 0 radical (unpaired) electrons. The molecule has 5 aromatic rings. The first-order chi connectivity index (χ1) is 21.9. The predicted octanol–water partition coefficient (Wildman–Crippen LogP) is 7.05. The number of carbonyl (C=O) groups excluding carboxylic acids is 2. The Morgan fingerprint density at radius 1 is 0.933 bits per heavy atom. The summed E-state index contributed by atoms with van der Waals surface area (Å²) < 4.78 is 16.8. The van der Waals surface area contributed by atoms with Crippen LogP contribution >= 0.6 is 23.2 Å². The minimum atomic E-state index is -0.980. The zero-order valence-corrected chi connectivity index (χ0v) is 25.8. The van der Waals surface area contributed by atoms with Crippen LogP contribution in [0.15, 0.2) is 102 Å². The molecule has 2 amide bonds. The molecular weight excluding hydrogens is 615 g/mol. The standard InChI is InChI=1S/C34H30Cl2N4O5/c1-43-31-16-24(15-28(36)32(31)44-20-23-11-13-26(35)14-12-23)18-38-40-33(41)30(17-25-19-37-29-10-6-5-9-27(25)29)39-34(42)45-21-22-7-3-2-4-8-22/h2-16,18-19,30,37H,17,20-21H2,1H3,(H,39,42)(H,40,41)/b38-18-/t30-/m0/s1. The Hall–Kier alpha value is -4.99. The molecule has 3 N–H and O–H groups in total. The maximum Gasteiger partial charge on any atom is 0.408 e. The van der Waals surface area contributed by atoms with E-state index < -0.39 is 18.0 Å². The molecule has 0 saturated heterocycles. The van der Waals surface area contributed by atoms with Crippen LogP contribution in [0.25, 0.3) is 10.9 Å². The van der Waals surface area contributed by atoms with E-state index in [1.54, 1.807) is 24.3 Å². The summed E-state index contributed by atoms with van der Waals surface area (Å²) in [4.78, 5) is 29.2. The minimum Gasteiger partial charge on any atom is -0.493 e. The number of aromatic nitrogens is 1. The fourth-order valence-corrected chi connectivity index (χ4v) is 4.98. The molecule has 0 aliphatic heterocycles. The molecule has 230 valence electrons. The molecule has 0 aliphatic carbocycles. The molecule has 1 aromatic heterocycles. The highest BCUT2D eigenvalue weighted by Crippen LogP contribution is 2.36. The van der Waals surface area contributed by atoms with E-state index in [0.717, 1.165) is 27.6 Å². The average Bonchev–Trinajstić information content (AvgIpc) is 3.46. The van der Waals surface area contributed by atoms with E-state index in [1.807, 2.05) is 72.9 Å². The monoisotopic (exact) mass is 644 g/mol. The van der Waals surface area contributed by atoms with Crippen LogP contribution in [0.2, 0.25) is 10.0 Å². The molecule has 0 aliphatic rings. The van der Waals surface area contributed by atoms with Gasteiger partial charge in [-0.3, -0.25) is 4.79 Å². The van der Waals surface area contributed by atoms with Gasteiger partial charge < -0.3 is 24.5 Å². The van der Waals surface area contributed by atoms with Crippen LogP contribution in [0.4, 0.5) is 4.79 Å². The van der Waals surface area contributed by atoms with Crippen molar-refractivity contribution in [3.63, 3.8) is 0 Å². The van der Waals surface area contributed by atoms with Crippen LogP contribution in [0.3, 0.4) is 0 Å². The van der Waals surface area contributed by atoms with Crippen molar-refractivity contribution < 1.29 is 23.8 Å². The first kappa shape index (κ1) is 31.4. The third-order valence-corrected chi connectivity index (χ3v) is 7.39. The molecule has 4 aromatic carbocycles. The number of ether oxygens (including phenoxy) is 3. The number of benzene rings is 4. The van der Waals surface area contributed by atoms with Crippen LogP contribution in [0.5, 0.6) is 11.5 Å². The maximum atomic E-state index is 13.3. The second-order valence-corrected chi connectivity index (χ2v) is 10.8. The number of hydrazone groups is 1. The Kier molecular flexibility index (Phi) is 10.6. The Morgan fingerprint density at radius 3 is 2.44 bits per heavy atom. The van der Waals surface area contributed by atoms with Gasteiger partial charge in [0.2, 0.25) is 0 Å². The normalized spacial score (nSPS) is 11.7. The fraction of sp³-hybridized carbons (Fsp3) is 0.147. The van der Waals surface area contributed by atoms with Gasteiger partial charge in [-0.2, -0.15) is 5.10 Å². The first-order valence-corrected chi connectivity index (χ1v) is 14.7. The van der Waals surface area contributed by atoms with Gasteiger partial charge in [-0.1, -0.05) is 83.9 Å². The number of nitrogens with zero attached hydrogens (tertiary/aromatic N) is 1. The number of alkyl carbamates (subject to hydrolysis) is 1. The molecule has 1 heterocycles. The lowest BCUT2D eigenvalue weighted by Gasteiger charge is -2.17. The molecule has 0 fully saturated rings. The summed E-state index contributed by atoms with van der Waals surface area (Å²) >= 11 is 12.5. The van der Waals surface area contributed by atoms with E-state index in [0.29, 0.717) is 27.1 Å². The lowest BCUT2D eigenvalue weighted by molar-refractivity contribution is -0.123. The number of rotatable bonds is 12. The number of aromatic amines is 1. The highest BCUT2D eigenvalue weighted by Gasteiger charge is 2.23. The SMILES string of the molecule is COc1cc(/C=N\NC(=O)[C@H](Cc2c[nH]c3ccccc23)NC(=O)OCc2ccccc2)cc(Cl)c1OCc1ccc(Cl)cc1. The van der Waals surface area contributed by atoms with Crippen molar-refractivity contribution in [2.24, 2.45) is 5.10 Å². The van der Waals surface area contributed by atoms with Crippen LogP contribution < -0.4 is 20.2 Å². The summed E-state index contributed by atoms with van der Waals surface area (Å²) in [6.45, 7) is 0.323. The van der Waals surface area contributed by atoms with Gasteiger partial charge in [0.15, 0.2) is 11.5 Å². The number of hydrogen-bond acceptors (Lipinski definition) is 6. The van der Waals surface area contributed by atoms with Gasteiger partial charge in [0.1, 0.15) is 19.3 Å². The van der Waals surface area contributed by atoms with Crippen molar-refractivity contribution >= 4 is 52.3 Å². The van der Waals surface area contributed by atoms with Crippen LogP contribution in [0.1, 0.15) is 22.3 Å². The van der Waals surface area contributed by atoms with Crippen molar-refractivity contribution in [2.45, 2.75) is 25.7 Å². The Morgan fingerprint density at radius 2 is 1.67 bits per heavy atom. The molecule has 1 atom stereocenters. The molecule has 0 unspecified atom stereocenters. The molecular formula is C34H30Cl2N4O5. The number of methoxy groups -OCH3 is 1. The lowest BCUT2D eigenvalue weighted by Crippen LogP contribution is -2.47. The molecule has 11 heteroatoms. The number of fused-ring (bicyclic) bond motifs is 1. The van der Waals surface area contributed by atoms with Gasteiger partial charge in [-0.25, -0.2) is 10.2 Å². The van der Waals surface area contributed by atoms with Crippen LogP contribution in [-0.4, -0.2) is 36.4 Å². The molecule has 0 saturated carbocycles. The van der Waals surface area contributed by atoms with Gasteiger partial charge in [0.05, 0.1) is 18.3 Å². The predicted molar refractivity (Wildman–Crippen MR) is 175 cm³/mol. The molecule has 5 rings (SSSR count). The summed E-state index contributed by atoms with van der Waals surface area (Å²) in [6, 6.07) is 26.6. The molecule has 9 nitrogen and oxygen atoms in total. The van der Waals surface area contributed by atoms with Gasteiger partial charge in [-0.15, -0.1) is 0 Å². The Balaban J connectivity index is 1.26. The van der Waals surface area contributed by atoms with E-state index in [2.05, 4.69) is 20.8 Å². The molecule has 0 spiro atoms. The number of para-hydroxylation sites is 1. The molecule has 0 bridgehead atoms. The van der Waals surface area contributed by atoms with E-state index in [1.165, 1.54) is 13.3 Å². The number of halogens is 2. The zero-order chi connectivity index (χ0) is 31.6. The van der Waals surface area contributed by atoms with Gasteiger partial charge in [-0.05, 0) is 52.6 Å². The molecule has 45 heavy (non-hydrogen) atoms. The van der Waals surface area contributed by atoms with E-state index in [4.69, 9.17) is 37.4 Å². The summed E-state index contributed by atoms with van der Waals surface area (Å²) in [6.07, 6.45) is 2.71. The second kappa shape index (κ2) is 15.1. The third-order valence-electron chi connectivity index (χ3n) is 6.86. The lowest BCUT2D eigenvalue weighted by atomic mass is 10.0. The smallest absolute Gasteiger partial charge is 0.408 e. The van der Waals surface area contributed by atoms with Gasteiger partial charge >= 0.3 is 6.09 Å². The highest BCUT2D eigenvalue weighted by molar-refractivity contribution is 6.32. The van der Waals surface area contributed by atoms with Gasteiger partial charge in [0.25, 0.3) is 5.91 Å². The van der Waals surface area contributed by atoms with Crippen LogP contribution in [-0.2, 0) is 29.2 Å². The van der Waals surface area contributed by atoms with Crippen molar-refractivity contribution in [1.29, 1.82) is 0 Å². The number of hydrogen-bond donors (Lipinski definition) is 3. The Bertz CT molecular complexity index is 1790. The van der Waals surface area contributed by atoms with Crippen molar-refractivity contribution in [3.05, 3.63) is 129 Å². The summed E-state index contributed by atoms with van der Waals surface area (Å²) in [7, 11) is 1.50. The van der Waals surface area contributed by atoms with Crippen LogP contribution in [0, 0.1) is 0 Å². The number of carbonyl (C=O) groups is 2. The summed E-state index contributed by atoms with van der Waals surface area (Å²) in [5.41, 5.74) is 6.58. The van der Waals surface area contributed by atoms with E-state index in [9.17, 15) is 9.59 Å². The number of nitrogens with one attached hydrogen (secondary N) is 3. The van der Waals surface area contributed by atoms with Crippen molar-refractivity contribution in [2.75, 3.05) is 7.11 Å². The fourth-order valence-electron chi connectivity index (χ4n) is 4.58. The average molecular weight is 646 g/mol. The minimum absolute atomic E-state index is 0.0637.